The molecule has 3 rings (SSSR count). The number of hydrogen-bond acceptors (Lipinski definition) is 2. The van der Waals surface area contributed by atoms with Gasteiger partial charge >= 0.3 is 0 Å². The Labute approximate surface area is 149 Å². The van der Waals surface area contributed by atoms with Crippen LogP contribution in [-0.2, 0) is 10.0 Å². The Morgan fingerprint density at radius 3 is 2.25 bits per heavy atom. The molecule has 1 fully saturated rings. The third kappa shape index (κ3) is 3.37. The van der Waals surface area contributed by atoms with Crippen LogP contribution in [0.2, 0.25) is 5.02 Å². The van der Waals surface area contributed by atoms with Crippen molar-refractivity contribution in [3.05, 3.63) is 64.7 Å². The lowest BCUT2D eigenvalue weighted by molar-refractivity contribution is 0.396. The minimum Gasteiger partial charge on any atom is -0.207 e. The molecule has 1 saturated heterocycles. The number of rotatable bonds is 4. The van der Waals surface area contributed by atoms with Crippen molar-refractivity contribution in [2.24, 2.45) is 0 Å². The third-order valence-corrected chi connectivity index (χ3v) is 6.79. The fourth-order valence-corrected chi connectivity index (χ4v) is 5.01. The van der Waals surface area contributed by atoms with Gasteiger partial charge < -0.3 is 0 Å². The summed E-state index contributed by atoms with van der Waals surface area (Å²) in [6, 6.07) is 14.6. The molecule has 5 heteroatoms. The highest BCUT2D eigenvalue weighted by molar-refractivity contribution is 7.89. The lowest BCUT2D eigenvalue weighted by Gasteiger charge is -2.24. The Bertz CT molecular complexity index is 798. The van der Waals surface area contributed by atoms with E-state index < -0.39 is 10.0 Å². The van der Waals surface area contributed by atoms with Crippen LogP contribution in [0.25, 0.3) is 0 Å². The summed E-state index contributed by atoms with van der Waals surface area (Å²) in [5.74, 6) is 0.385. The first-order chi connectivity index (χ1) is 11.4. The summed E-state index contributed by atoms with van der Waals surface area (Å²) >= 11 is 5.95. The van der Waals surface area contributed by atoms with Gasteiger partial charge in [0, 0.05) is 11.6 Å². The molecule has 0 amide bonds. The largest absolute Gasteiger partial charge is 0.243 e. The molecule has 1 aliphatic rings. The zero-order valence-electron chi connectivity index (χ0n) is 13.9. The second kappa shape index (κ2) is 6.87. The van der Waals surface area contributed by atoms with E-state index in [0.29, 0.717) is 22.4 Å². The maximum atomic E-state index is 13.1. The van der Waals surface area contributed by atoms with Gasteiger partial charge in [-0.05, 0) is 54.2 Å². The number of sulfonamides is 1. The van der Waals surface area contributed by atoms with Crippen molar-refractivity contribution in [1.29, 1.82) is 0 Å². The first-order valence-corrected chi connectivity index (χ1v) is 10.1. The molecule has 0 bridgehead atoms. The first-order valence-electron chi connectivity index (χ1n) is 8.27. The molecule has 0 unspecified atom stereocenters. The van der Waals surface area contributed by atoms with Gasteiger partial charge in [0.2, 0.25) is 10.0 Å². The Hall–Kier alpha value is -1.36. The number of benzene rings is 2. The van der Waals surface area contributed by atoms with Crippen LogP contribution < -0.4 is 0 Å². The van der Waals surface area contributed by atoms with E-state index >= 15 is 0 Å². The SMILES string of the molecule is CC(C)c1ccc(S(=O)(=O)N2CCC[C@H]2c2ccc(Cl)cc2)cc1. The molecule has 0 radical (unpaired) electrons. The van der Waals surface area contributed by atoms with Gasteiger partial charge in [-0.2, -0.15) is 4.31 Å². The molecule has 0 spiro atoms. The molecule has 24 heavy (non-hydrogen) atoms. The van der Waals surface area contributed by atoms with Crippen LogP contribution >= 0.6 is 11.6 Å². The lowest BCUT2D eigenvalue weighted by Crippen LogP contribution is -2.30. The van der Waals surface area contributed by atoms with Gasteiger partial charge in [-0.1, -0.05) is 49.7 Å². The van der Waals surface area contributed by atoms with Crippen LogP contribution in [-0.4, -0.2) is 19.3 Å². The van der Waals surface area contributed by atoms with Crippen molar-refractivity contribution in [3.63, 3.8) is 0 Å². The highest BCUT2D eigenvalue weighted by Crippen LogP contribution is 2.37. The molecule has 0 saturated carbocycles. The molecule has 1 aliphatic heterocycles. The minimum atomic E-state index is -3.49. The molecule has 0 aromatic heterocycles. The van der Waals surface area contributed by atoms with Gasteiger partial charge in [-0.25, -0.2) is 8.42 Å². The van der Waals surface area contributed by atoms with Crippen LogP contribution in [0, 0.1) is 0 Å². The average molecular weight is 364 g/mol. The number of nitrogens with zero attached hydrogens (tertiary/aromatic N) is 1. The summed E-state index contributed by atoms with van der Waals surface area (Å²) in [4.78, 5) is 0.368. The molecule has 1 heterocycles. The van der Waals surface area contributed by atoms with E-state index in [1.807, 2.05) is 36.4 Å². The average Bonchev–Trinajstić information content (AvgIpc) is 3.06. The van der Waals surface area contributed by atoms with E-state index in [1.165, 1.54) is 0 Å². The Balaban J connectivity index is 1.91. The maximum absolute atomic E-state index is 13.1. The summed E-state index contributed by atoms with van der Waals surface area (Å²) in [5, 5.41) is 0.662. The van der Waals surface area contributed by atoms with Crippen molar-refractivity contribution in [1.82, 2.24) is 4.31 Å². The zero-order chi connectivity index (χ0) is 17.3. The van der Waals surface area contributed by atoms with Crippen LogP contribution in [0.15, 0.2) is 53.4 Å². The van der Waals surface area contributed by atoms with E-state index in [4.69, 9.17) is 11.6 Å². The third-order valence-electron chi connectivity index (χ3n) is 4.61. The van der Waals surface area contributed by atoms with Crippen LogP contribution in [0.4, 0.5) is 0 Å². The second-order valence-electron chi connectivity index (χ2n) is 6.55. The first kappa shape index (κ1) is 17.5. The Kier molecular flexibility index (Phi) is 5.00. The molecule has 2 aromatic rings. The van der Waals surface area contributed by atoms with Crippen molar-refractivity contribution in [2.75, 3.05) is 6.54 Å². The number of halogens is 1. The number of hydrogen-bond donors (Lipinski definition) is 0. The molecule has 0 aliphatic carbocycles. The maximum Gasteiger partial charge on any atom is 0.243 e. The van der Waals surface area contributed by atoms with Gasteiger partial charge in [0.05, 0.1) is 10.9 Å². The summed E-state index contributed by atoms with van der Waals surface area (Å²) in [6.45, 7) is 4.75. The van der Waals surface area contributed by atoms with Crippen molar-refractivity contribution < 1.29 is 8.42 Å². The molecular weight excluding hydrogens is 342 g/mol. The van der Waals surface area contributed by atoms with Crippen LogP contribution in [0.3, 0.4) is 0 Å². The van der Waals surface area contributed by atoms with Gasteiger partial charge in [-0.3, -0.25) is 0 Å². The topological polar surface area (TPSA) is 37.4 Å². The fraction of sp³-hybridized carbons (Fsp3) is 0.368. The quantitative estimate of drug-likeness (QED) is 0.767. The van der Waals surface area contributed by atoms with Gasteiger partial charge in [0.15, 0.2) is 0 Å². The second-order valence-corrected chi connectivity index (χ2v) is 8.88. The Morgan fingerprint density at radius 2 is 1.67 bits per heavy atom. The standard InChI is InChI=1S/C19H22ClNO2S/c1-14(2)15-7-11-18(12-8-15)24(22,23)21-13-3-4-19(21)16-5-9-17(20)10-6-16/h5-12,14,19H,3-4,13H2,1-2H3/t19-/m0/s1. The normalized spacial score (nSPS) is 19.1. The predicted octanol–water partition coefficient (Wildman–Crippen LogP) is 4.99. The van der Waals surface area contributed by atoms with Crippen LogP contribution in [0.1, 0.15) is 49.8 Å². The summed E-state index contributed by atoms with van der Waals surface area (Å²) in [7, 11) is -3.49. The fourth-order valence-electron chi connectivity index (χ4n) is 3.21. The summed E-state index contributed by atoms with van der Waals surface area (Å²) < 4.78 is 27.8. The molecule has 3 nitrogen and oxygen atoms in total. The van der Waals surface area contributed by atoms with Crippen molar-refractivity contribution in [2.45, 2.75) is 43.5 Å². The highest BCUT2D eigenvalue weighted by atomic mass is 35.5. The summed E-state index contributed by atoms with van der Waals surface area (Å²) in [5.41, 5.74) is 2.14. The molecule has 128 valence electrons. The van der Waals surface area contributed by atoms with Crippen LogP contribution in [0.5, 0.6) is 0 Å². The molecular formula is C19H22ClNO2S. The minimum absolute atomic E-state index is 0.114. The zero-order valence-corrected chi connectivity index (χ0v) is 15.5. The molecule has 0 N–H and O–H groups in total. The molecule has 2 aromatic carbocycles. The van der Waals surface area contributed by atoms with Gasteiger partial charge in [0.1, 0.15) is 0 Å². The Morgan fingerprint density at radius 1 is 1.04 bits per heavy atom. The monoisotopic (exact) mass is 363 g/mol. The molecule has 1 atom stereocenters. The van der Waals surface area contributed by atoms with E-state index in [-0.39, 0.29) is 6.04 Å². The van der Waals surface area contributed by atoms with Gasteiger partial charge in [0.25, 0.3) is 0 Å². The van der Waals surface area contributed by atoms with E-state index in [1.54, 1.807) is 16.4 Å². The van der Waals surface area contributed by atoms with Crippen molar-refractivity contribution >= 4 is 21.6 Å². The highest BCUT2D eigenvalue weighted by Gasteiger charge is 2.36. The summed E-state index contributed by atoms with van der Waals surface area (Å²) in [6.07, 6.45) is 1.71. The lowest BCUT2D eigenvalue weighted by atomic mass is 10.0. The predicted molar refractivity (Wildman–Crippen MR) is 97.8 cm³/mol. The van der Waals surface area contributed by atoms with E-state index in [9.17, 15) is 8.42 Å². The van der Waals surface area contributed by atoms with E-state index in [2.05, 4.69) is 13.8 Å². The van der Waals surface area contributed by atoms with Gasteiger partial charge in [-0.15, -0.1) is 0 Å². The smallest absolute Gasteiger partial charge is 0.207 e. The van der Waals surface area contributed by atoms with Crippen molar-refractivity contribution in [3.8, 4) is 0 Å². The van der Waals surface area contributed by atoms with E-state index in [0.717, 1.165) is 24.0 Å².